The van der Waals surface area contributed by atoms with Crippen molar-refractivity contribution in [3.63, 3.8) is 0 Å². The second-order valence-corrected chi connectivity index (χ2v) is 11.0. The van der Waals surface area contributed by atoms with Crippen molar-refractivity contribution in [3.8, 4) is 6.07 Å². The third kappa shape index (κ3) is 4.58. The molecule has 1 aliphatic carbocycles. The van der Waals surface area contributed by atoms with Crippen LogP contribution in [0.2, 0.25) is 0 Å². The molecule has 0 atom stereocenters. The summed E-state index contributed by atoms with van der Waals surface area (Å²) in [7, 11) is -3.22. The van der Waals surface area contributed by atoms with Crippen molar-refractivity contribution >= 4 is 38.5 Å². The lowest BCUT2D eigenvalue weighted by Gasteiger charge is -2.41. The van der Waals surface area contributed by atoms with Crippen molar-refractivity contribution in [3.05, 3.63) is 41.6 Å². The lowest BCUT2D eigenvalue weighted by Crippen LogP contribution is -2.50. The summed E-state index contributed by atoms with van der Waals surface area (Å²) in [5.74, 6) is 1.69. The van der Waals surface area contributed by atoms with Gasteiger partial charge in [-0.15, -0.1) is 0 Å². The van der Waals surface area contributed by atoms with E-state index in [0.717, 1.165) is 48.7 Å². The van der Waals surface area contributed by atoms with E-state index in [9.17, 15) is 13.7 Å². The van der Waals surface area contributed by atoms with Crippen molar-refractivity contribution in [1.29, 1.82) is 5.26 Å². The molecule has 3 aromatic rings. The van der Waals surface area contributed by atoms with E-state index in [1.54, 1.807) is 4.52 Å². The SMILES string of the molecule is CS(=O)(=O)Cc1cc(Nc2cc(NC3CC3)n3ncc(C#N)c3n2)ccc1N1CC(CN)C1. The molecule has 0 unspecified atom stereocenters. The lowest BCUT2D eigenvalue weighted by molar-refractivity contribution is 0.419. The molecule has 0 radical (unpaired) electrons. The topological polar surface area (TPSA) is 141 Å². The number of anilines is 4. The molecule has 1 aromatic carbocycles. The van der Waals surface area contributed by atoms with Gasteiger partial charge in [-0.05, 0) is 43.1 Å². The van der Waals surface area contributed by atoms with Crippen LogP contribution >= 0.6 is 0 Å². The lowest BCUT2D eigenvalue weighted by atomic mass is 9.98. The number of sulfone groups is 1. The summed E-state index contributed by atoms with van der Waals surface area (Å²) >= 11 is 0. The van der Waals surface area contributed by atoms with Gasteiger partial charge in [-0.2, -0.15) is 14.9 Å². The van der Waals surface area contributed by atoms with E-state index in [1.165, 1.54) is 12.5 Å². The Morgan fingerprint density at radius 1 is 1.27 bits per heavy atom. The van der Waals surface area contributed by atoms with Gasteiger partial charge in [0.1, 0.15) is 23.3 Å². The van der Waals surface area contributed by atoms with E-state index >= 15 is 0 Å². The van der Waals surface area contributed by atoms with Gasteiger partial charge in [0.15, 0.2) is 15.5 Å². The quantitative estimate of drug-likeness (QED) is 0.453. The van der Waals surface area contributed by atoms with Gasteiger partial charge in [0.05, 0.1) is 11.9 Å². The smallest absolute Gasteiger partial charge is 0.177 e. The van der Waals surface area contributed by atoms with Crippen molar-refractivity contribution in [2.45, 2.75) is 24.6 Å². The highest BCUT2D eigenvalue weighted by Crippen LogP contribution is 2.33. The summed E-state index contributed by atoms with van der Waals surface area (Å²) in [6.07, 6.45) is 4.93. The number of nitriles is 1. The molecule has 33 heavy (non-hydrogen) atoms. The molecule has 10 nitrogen and oxygen atoms in total. The Labute approximate surface area is 192 Å². The van der Waals surface area contributed by atoms with Gasteiger partial charge >= 0.3 is 0 Å². The maximum absolute atomic E-state index is 12.1. The van der Waals surface area contributed by atoms with Crippen LogP contribution < -0.4 is 21.3 Å². The van der Waals surface area contributed by atoms with E-state index < -0.39 is 9.84 Å². The largest absolute Gasteiger partial charge is 0.370 e. The van der Waals surface area contributed by atoms with E-state index in [-0.39, 0.29) is 5.75 Å². The maximum atomic E-state index is 12.1. The maximum Gasteiger partial charge on any atom is 0.177 e. The van der Waals surface area contributed by atoms with Gasteiger partial charge in [-0.3, -0.25) is 0 Å². The predicted octanol–water partition coefficient (Wildman–Crippen LogP) is 1.86. The molecule has 3 heterocycles. The Hall–Kier alpha value is -3.36. The van der Waals surface area contributed by atoms with Gasteiger partial charge in [-0.25, -0.2) is 13.4 Å². The molecule has 1 aliphatic heterocycles. The van der Waals surface area contributed by atoms with Gasteiger partial charge in [0, 0.05) is 48.7 Å². The first-order valence-corrected chi connectivity index (χ1v) is 13.0. The molecular weight excluding hydrogens is 440 g/mol. The van der Waals surface area contributed by atoms with Crippen molar-refractivity contribution < 1.29 is 8.42 Å². The highest BCUT2D eigenvalue weighted by atomic mass is 32.2. The average molecular weight is 467 g/mol. The Kier molecular flexibility index (Phi) is 5.34. The summed E-state index contributed by atoms with van der Waals surface area (Å²) < 4.78 is 25.8. The first-order valence-electron chi connectivity index (χ1n) is 10.9. The molecule has 2 fully saturated rings. The third-order valence-electron chi connectivity index (χ3n) is 5.92. The number of nitrogens with one attached hydrogen (secondary N) is 2. The molecule has 1 saturated heterocycles. The zero-order valence-electron chi connectivity index (χ0n) is 18.3. The molecule has 0 spiro atoms. The van der Waals surface area contributed by atoms with E-state index in [1.807, 2.05) is 24.3 Å². The van der Waals surface area contributed by atoms with Crippen LogP contribution in [0.5, 0.6) is 0 Å². The van der Waals surface area contributed by atoms with E-state index in [4.69, 9.17) is 5.73 Å². The molecule has 4 N–H and O–H groups in total. The summed E-state index contributed by atoms with van der Waals surface area (Å²) in [6.45, 7) is 2.28. The average Bonchev–Trinajstić information content (AvgIpc) is 3.44. The highest BCUT2D eigenvalue weighted by Gasteiger charge is 2.28. The predicted molar refractivity (Wildman–Crippen MR) is 127 cm³/mol. The molecule has 1 saturated carbocycles. The Bertz CT molecular complexity index is 1350. The van der Waals surface area contributed by atoms with Crippen LogP contribution in [0, 0.1) is 17.2 Å². The summed E-state index contributed by atoms with van der Waals surface area (Å²) in [5.41, 5.74) is 8.97. The van der Waals surface area contributed by atoms with Gasteiger partial charge < -0.3 is 21.3 Å². The van der Waals surface area contributed by atoms with E-state index in [2.05, 4.69) is 31.7 Å². The minimum Gasteiger partial charge on any atom is -0.370 e. The summed E-state index contributed by atoms with van der Waals surface area (Å²) in [6, 6.07) is 10.1. The molecule has 2 aromatic heterocycles. The minimum absolute atomic E-state index is 0.0518. The zero-order chi connectivity index (χ0) is 23.2. The second kappa shape index (κ2) is 8.20. The van der Waals surface area contributed by atoms with Crippen LogP contribution in [0.3, 0.4) is 0 Å². The number of rotatable bonds is 8. The summed E-state index contributed by atoms with van der Waals surface area (Å²) in [5, 5.41) is 20.4. The zero-order valence-corrected chi connectivity index (χ0v) is 19.1. The van der Waals surface area contributed by atoms with Crippen LogP contribution in [0.4, 0.5) is 23.0 Å². The molecular formula is C22H26N8O2S. The van der Waals surface area contributed by atoms with Crippen LogP contribution in [0.15, 0.2) is 30.5 Å². The van der Waals surface area contributed by atoms with Gasteiger partial charge in [-0.1, -0.05) is 0 Å². The fourth-order valence-electron chi connectivity index (χ4n) is 4.08. The number of benzene rings is 1. The van der Waals surface area contributed by atoms with Crippen LogP contribution in [0.25, 0.3) is 5.65 Å². The minimum atomic E-state index is -3.22. The Morgan fingerprint density at radius 2 is 2.06 bits per heavy atom. The number of hydrogen-bond donors (Lipinski definition) is 3. The fourth-order valence-corrected chi connectivity index (χ4v) is 4.87. The van der Waals surface area contributed by atoms with E-state index in [0.29, 0.717) is 35.5 Å². The molecule has 5 rings (SSSR count). The molecule has 172 valence electrons. The summed E-state index contributed by atoms with van der Waals surface area (Å²) in [4.78, 5) is 6.75. The highest BCUT2D eigenvalue weighted by molar-refractivity contribution is 7.89. The molecule has 0 amide bonds. The normalized spacial score (nSPS) is 16.5. The molecule has 2 aliphatic rings. The number of fused-ring (bicyclic) bond motifs is 1. The Morgan fingerprint density at radius 3 is 2.73 bits per heavy atom. The monoisotopic (exact) mass is 466 g/mol. The van der Waals surface area contributed by atoms with Gasteiger partial charge in [0.25, 0.3) is 0 Å². The third-order valence-corrected chi connectivity index (χ3v) is 6.76. The van der Waals surface area contributed by atoms with Crippen molar-refractivity contribution in [2.75, 3.05) is 41.4 Å². The Balaban J connectivity index is 1.48. The standard InChI is InChI=1S/C22H26N8O2S/c1-33(31,32)13-15-6-18(4-5-19(15)29-11-14(8-23)12-29)26-20-7-21(27-17-2-3-17)30-22(28-20)16(9-24)10-25-30/h4-7,10,14,17,27H,2-3,8,11-13,23H2,1H3,(H,26,28). The number of nitrogens with two attached hydrogens (primary N) is 1. The second-order valence-electron chi connectivity index (χ2n) is 8.90. The van der Waals surface area contributed by atoms with Crippen LogP contribution in [-0.4, -0.2) is 54.9 Å². The fraction of sp³-hybridized carbons (Fsp3) is 0.409. The molecule has 0 bridgehead atoms. The number of hydrogen-bond acceptors (Lipinski definition) is 9. The van der Waals surface area contributed by atoms with Gasteiger partial charge in [0.2, 0.25) is 0 Å². The van der Waals surface area contributed by atoms with Crippen molar-refractivity contribution in [1.82, 2.24) is 14.6 Å². The first-order chi connectivity index (χ1) is 15.8. The number of aromatic nitrogens is 3. The van der Waals surface area contributed by atoms with Crippen molar-refractivity contribution in [2.24, 2.45) is 11.7 Å². The van der Waals surface area contributed by atoms with Crippen LogP contribution in [-0.2, 0) is 15.6 Å². The molecule has 11 heteroatoms. The number of nitrogens with zero attached hydrogens (tertiary/aromatic N) is 5. The van der Waals surface area contributed by atoms with Crippen LogP contribution in [0.1, 0.15) is 24.0 Å². The first kappa shape index (κ1) is 21.5.